The number of rotatable bonds is 10. The van der Waals surface area contributed by atoms with Crippen molar-refractivity contribution in [3.05, 3.63) is 202 Å². The lowest BCUT2D eigenvalue weighted by molar-refractivity contribution is 0.248. The number of hydrogen-bond acceptors (Lipinski definition) is 5. The summed E-state index contributed by atoms with van der Waals surface area (Å²) in [5.41, 5.74) is 12.5. The van der Waals surface area contributed by atoms with Gasteiger partial charge in [0, 0.05) is 97.9 Å². The SMILES string of the molecule is CN(C)c1ccc(C#Cc2ccc3c(c2)c2cc(C#Cc4ccc(N(C)C)cc4)ccc2n3-c2ccc(CN(Cc3ccc(F)cc3)Cc3ccccc3B(O)O)cc2)cc1. The first-order valence-electron chi connectivity index (χ1n) is 20.2. The molecular formula is C53H46BFN4O2. The number of halogens is 1. The Bertz CT molecular complexity index is 2810. The van der Waals surface area contributed by atoms with E-state index >= 15 is 0 Å². The predicted octanol–water partition coefficient (Wildman–Crippen LogP) is 8.74. The molecule has 0 amide bonds. The average molecular weight is 801 g/mol. The fourth-order valence-corrected chi connectivity index (χ4v) is 7.63. The van der Waals surface area contributed by atoms with Crippen molar-refractivity contribution in [1.82, 2.24) is 9.47 Å². The van der Waals surface area contributed by atoms with E-state index in [2.05, 4.69) is 152 Å². The molecule has 1 heterocycles. The van der Waals surface area contributed by atoms with Crippen LogP contribution >= 0.6 is 0 Å². The molecule has 0 fully saturated rings. The second kappa shape index (κ2) is 18.1. The maximum absolute atomic E-state index is 13.8. The van der Waals surface area contributed by atoms with Gasteiger partial charge in [-0.1, -0.05) is 72.2 Å². The molecule has 0 spiro atoms. The Kier molecular flexibility index (Phi) is 12.0. The van der Waals surface area contributed by atoms with Crippen LogP contribution in [-0.2, 0) is 19.6 Å². The summed E-state index contributed by atoms with van der Waals surface area (Å²) < 4.78 is 16.1. The van der Waals surface area contributed by atoms with Crippen LogP contribution in [0.15, 0.2) is 158 Å². The number of hydrogen-bond donors (Lipinski definition) is 2. The Balaban J connectivity index is 1.15. The number of aromatic nitrogens is 1. The van der Waals surface area contributed by atoms with Crippen LogP contribution in [0.1, 0.15) is 38.9 Å². The number of anilines is 2. The third kappa shape index (κ3) is 9.55. The van der Waals surface area contributed by atoms with Gasteiger partial charge in [-0.2, -0.15) is 0 Å². The summed E-state index contributed by atoms with van der Waals surface area (Å²) in [5, 5.41) is 22.4. The van der Waals surface area contributed by atoms with Crippen molar-refractivity contribution in [2.45, 2.75) is 19.6 Å². The predicted molar refractivity (Wildman–Crippen MR) is 250 cm³/mol. The topological polar surface area (TPSA) is 55.1 Å². The number of benzene rings is 7. The molecular weight excluding hydrogens is 754 g/mol. The minimum absolute atomic E-state index is 0.282. The lowest BCUT2D eigenvalue weighted by Gasteiger charge is -2.24. The summed E-state index contributed by atoms with van der Waals surface area (Å²) in [5.74, 6) is 13.2. The van der Waals surface area contributed by atoms with Gasteiger partial charge in [0.25, 0.3) is 0 Å². The van der Waals surface area contributed by atoms with Gasteiger partial charge in [-0.3, -0.25) is 4.90 Å². The summed E-state index contributed by atoms with van der Waals surface area (Å²) in [6.45, 7) is 1.60. The first-order valence-corrected chi connectivity index (χ1v) is 20.2. The fraction of sp³-hybridized carbons (Fsp3) is 0.132. The van der Waals surface area contributed by atoms with E-state index in [1.807, 2.05) is 40.3 Å². The first-order chi connectivity index (χ1) is 29.6. The molecule has 6 nitrogen and oxygen atoms in total. The summed E-state index contributed by atoms with van der Waals surface area (Å²) in [6.07, 6.45) is 0. The minimum Gasteiger partial charge on any atom is -0.423 e. The molecule has 0 unspecified atom stereocenters. The summed E-state index contributed by atoms with van der Waals surface area (Å²) >= 11 is 0. The van der Waals surface area contributed by atoms with Crippen LogP contribution in [0.2, 0.25) is 0 Å². The van der Waals surface area contributed by atoms with Crippen molar-refractivity contribution in [3.63, 3.8) is 0 Å². The first kappa shape index (κ1) is 40.7. The van der Waals surface area contributed by atoms with Gasteiger partial charge in [0.05, 0.1) is 11.0 Å². The minimum atomic E-state index is -1.58. The second-order valence-electron chi connectivity index (χ2n) is 15.7. The van der Waals surface area contributed by atoms with Crippen LogP contribution < -0.4 is 15.3 Å². The van der Waals surface area contributed by atoms with E-state index in [1.54, 1.807) is 24.3 Å². The van der Waals surface area contributed by atoms with Crippen LogP contribution in [0.25, 0.3) is 27.5 Å². The van der Waals surface area contributed by atoms with E-state index in [9.17, 15) is 14.4 Å². The highest BCUT2D eigenvalue weighted by Crippen LogP contribution is 2.34. The lowest BCUT2D eigenvalue weighted by atomic mass is 9.77. The van der Waals surface area contributed by atoms with E-state index in [-0.39, 0.29) is 5.82 Å². The van der Waals surface area contributed by atoms with E-state index < -0.39 is 7.12 Å². The molecule has 0 aliphatic heterocycles. The number of nitrogens with zero attached hydrogens (tertiary/aromatic N) is 4. The number of fused-ring (bicyclic) bond motifs is 3. The van der Waals surface area contributed by atoms with Gasteiger partial charge >= 0.3 is 7.12 Å². The molecule has 0 saturated carbocycles. The smallest absolute Gasteiger partial charge is 0.423 e. The maximum atomic E-state index is 13.8. The Morgan fingerprint density at radius 3 is 1.43 bits per heavy atom. The van der Waals surface area contributed by atoms with Crippen molar-refractivity contribution >= 4 is 45.8 Å². The third-order valence-electron chi connectivity index (χ3n) is 10.9. The molecule has 0 aliphatic rings. The fourth-order valence-electron chi connectivity index (χ4n) is 7.63. The maximum Gasteiger partial charge on any atom is 0.488 e. The van der Waals surface area contributed by atoms with Gasteiger partial charge in [-0.15, -0.1) is 0 Å². The Morgan fingerprint density at radius 1 is 0.508 bits per heavy atom. The van der Waals surface area contributed by atoms with Gasteiger partial charge in [-0.25, -0.2) is 4.39 Å². The molecule has 7 aromatic carbocycles. The zero-order valence-electron chi connectivity index (χ0n) is 34.8. The van der Waals surface area contributed by atoms with Gasteiger partial charge < -0.3 is 24.4 Å². The highest BCUT2D eigenvalue weighted by atomic mass is 19.1. The molecule has 0 radical (unpaired) electrons. The molecule has 300 valence electrons. The molecule has 8 heteroatoms. The van der Waals surface area contributed by atoms with Crippen LogP contribution in [-0.4, -0.2) is 54.8 Å². The van der Waals surface area contributed by atoms with Crippen LogP contribution in [0.4, 0.5) is 15.8 Å². The van der Waals surface area contributed by atoms with Gasteiger partial charge in [0.2, 0.25) is 0 Å². The summed E-state index contributed by atoms with van der Waals surface area (Å²) in [4.78, 5) is 6.37. The van der Waals surface area contributed by atoms with Crippen molar-refractivity contribution in [1.29, 1.82) is 0 Å². The molecule has 61 heavy (non-hydrogen) atoms. The standard InChI is InChI=1S/C53H46BFN4O2/c1-56(2)46-25-15-38(16-26-46)9-11-40-21-31-52-49(33-40)50-34-41(12-10-39-17-27-47(28-18-39)57(3)4)22-32-53(50)59(52)48-29-19-43(20-30-48)36-58(35-42-13-23-45(55)24-14-42)37-44-7-5-6-8-51(44)54(60)61/h5-8,13-34,60-61H,35-37H2,1-4H3. The molecule has 0 aliphatic carbocycles. The third-order valence-corrected chi connectivity index (χ3v) is 10.9. The molecule has 0 bridgehead atoms. The highest BCUT2D eigenvalue weighted by molar-refractivity contribution is 6.59. The molecule has 2 N–H and O–H groups in total. The van der Waals surface area contributed by atoms with E-state index in [4.69, 9.17) is 0 Å². The quantitative estimate of drug-likeness (QED) is 0.107. The zero-order chi connectivity index (χ0) is 42.5. The van der Waals surface area contributed by atoms with Crippen LogP contribution in [0, 0.1) is 29.5 Å². The Hall–Kier alpha value is -7.07. The lowest BCUT2D eigenvalue weighted by Crippen LogP contribution is -2.35. The van der Waals surface area contributed by atoms with Crippen molar-refractivity contribution in [2.75, 3.05) is 38.0 Å². The molecule has 0 saturated heterocycles. The largest absolute Gasteiger partial charge is 0.488 e. The summed E-state index contributed by atoms with van der Waals surface area (Å²) in [7, 11) is 6.53. The Morgan fingerprint density at radius 2 is 0.951 bits per heavy atom. The average Bonchev–Trinajstić information content (AvgIpc) is 3.59. The van der Waals surface area contributed by atoms with Crippen molar-refractivity contribution < 1.29 is 14.4 Å². The molecule has 0 atom stereocenters. The Labute approximate surface area is 357 Å². The highest BCUT2D eigenvalue weighted by Gasteiger charge is 2.19. The normalized spacial score (nSPS) is 11.0. The molecule has 8 aromatic rings. The monoisotopic (exact) mass is 800 g/mol. The van der Waals surface area contributed by atoms with Gasteiger partial charge in [0.1, 0.15) is 5.82 Å². The van der Waals surface area contributed by atoms with Crippen molar-refractivity contribution in [2.24, 2.45) is 0 Å². The zero-order valence-corrected chi connectivity index (χ0v) is 34.8. The van der Waals surface area contributed by atoms with E-state index in [0.29, 0.717) is 25.1 Å². The molecule has 8 rings (SSSR count). The summed E-state index contributed by atoms with van der Waals surface area (Å²) in [6, 6.07) is 51.8. The van der Waals surface area contributed by atoms with E-state index in [0.717, 1.165) is 77.8 Å². The van der Waals surface area contributed by atoms with Gasteiger partial charge in [-0.05, 0) is 131 Å². The van der Waals surface area contributed by atoms with Crippen LogP contribution in [0.3, 0.4) is 0 Å². The van der Waals surface area contributed by atoms with Crippen LogP contribution in [0.5, 0.6) is 0 Å². The van der Waals surface area contributed by atoms with Crippen molar-refractivity contribution in [3.8, 4) is 29.4 Å². The van der Waals surface area contributed by atoms with Gasteiger partial charge in [0.15, 0.2) is 0 Å². The van der Waals surface area contributed by atoms with E-state index in [1.165, 1.54) is 12.1 Å². The molecule has 1 aromatic heterocycles. The second-order valence-corrected chi connectivity index (χ2v) is 15.7.